The van der Waals surface area contributed by atoms with E-state index in [0.717, 1.165) is 18.9 Å². The second-order valence-corrected chi connectivity index (χ2v) is 7.49. The van der Waals surface area contributed by atoms with E-state index < -0.39 is 0 Å². The molecule has 2 nitrogen and oxygen atoms in total. The minimum atomic E-state index is 0. The van der Waals surface area contributed by atoms with E-state index in [1.807, 2.05) is 0 Å². The maximum absolute atomic E-state index is 3.96. The van der Waals surface area contributed by atoms with Gasteiger partial charge in [-0.3, -0.25) is 0 Å². The number of nitrogens with zero attached hydrogens (tertiary/aromatic N) is 1. The van der Waals surface area contributed by atoms with Crippen molar-refractivity contribution in [2.45, 2.75) is 58.4 Å². The molecule has 2 atom stereocenters. The molecule has 1 saturated carbocycles. The van der Waals surface area contributed by atoms with Crippen LogP contribution in [0.4, 0.5) is 0 Å². The highest BCUT2D eigenvalue weighted by Gasteiger charge is 2.45. The summed E-state index contributed by atoms with van der Waals surface area (Å²) in [7, 11) is 0. The van der Waals surface area contributed by atoms with Gasteiger partial charge in [-0.05, 0) is 62.3 Å². The number of benzene rings is 1. The number of nitrogens with one attached hydrogen (secondary N) is 1. The SMILES string of the molecule is Cc1c2c(c(C)n1-c1ccccc1)C1(CCCCC1C)NCC2.Cl. The van der Waals surface area contributed by atoms with Crippen LogP contribution in [0.1, 0.15) is 55.1 Å². The summed E-state index contributed by atoms with van der Waals surface area (Å²) in [4.78, 5) is 0. The summed E-state index contributed by atoms with van der Waals surface area (Å²) in [6.45, 7) is 8.21. The second kappa shape index (κ2) is 6.57. The van der Waals surface area contributed by atoms with E-state index in [1.54, 1.807) is 11.1 Å². The molecule has 2 aromatic rings. The van der Waals surface area contributed by atoms with E-state index in [9.17, 15) is 0 Å². The van der Waals surface area contributed by atoms with Crippen molar-refractivity contribution < 1.29 is 0 Å². The molecule has 1 aromatic heterocycles. The third-order valence-corrected chi connectivity index (χ3v) is 6.35. The van der Waals surface area contributed by atoms with Gasteiger partial charge in [0.25, 0.3) is 0 Å². The van der Waals surface area contributed by atoms with Crippen LogP contribution in [0.25, 0.3) is 5.69 Å². The Balaban J connectivity index is 0.00000169. The molecule has 0 saturated heterocycles. The van der Waals surface area contributed by atoms with Gasteiger partial charge in [-0.1, -0.05) is 38.0 Å². The van der Waals surface area contributed by atoms with Crippen molar-refractivity contribution >= 4 is 12.4 Å². The molecule has 1 N–H and O–H groups in total. The van der Waals surface area contributed by atoms with Crippen molar-refractivity contribution in [3.8, 4) is 5.69 Å². The molecule has 24 heavy (non-hydrogen) atoms. The van der Waals surface area contributed by atoms with Gasteiger partial charge in [-0.2, -0.15) is 0 Å². The molecule has 2 heterocycles. The van der Waals surface area contributed by atoms with Crippen molar-refractivity contribution in [2.24, 2.45) is 5.92 Å². The fourth-order valence-electron chi connectivity index (χ4n) is 5.24. The standard InChI is InChI=1S/C21H28N2.ClH/c1-15-9-7-8-13-21(15)20-17(3)23(18-10-5-4-6-11-18)16(2)19(20)12-14-22-21;/h4-6,10-11,15,22H,7-9,12-14H2,1-3H3;1H. The maximum Gasteiger partial charge on any atom is 0.0481 e. The quantitative estimate of drug-likeness (QED) is 0.764. The van der Waals surface area contributed by atoms with Crippen LogP contribution in [-0.2, 0) is 12.0 Å². The predicted octanol–water partition coefficient (Wildman–Crippen LogP) is 5.07. The summed E-state index contributed by atoms with van der Waals surface area (Å²) in [5.41, 5.74) is 7.64. The molecule has 2 unspecified atom stereocenters. The van der Waals surface area contributed by atoms with Crippen molar-refractivity contribution in [1.29, 1.82) is 0 Å². The number of hydrogen-bond acceptors (Lipinski definition) is 1. The fourth-order valence-corrected chi connectivity index (χ4v) is 5.24. The molecule has 1 fully saturated rings. The molecular weight excluding hydrogens is 316 g/mol. The van der Waals surface area contributed by atoms with E-state index >= 15 is 0 Å². The highest BCUT2D eigenvalue weighted by molar-refractivity contribution is 5.85. The predicted molar refractivity (Wildman–Crippen MR) is 104 cm³/mol. The van der Waals surface area contributed by atoms with Gasteiger partial charge < -0.3 is 9.88 Å². The van der Waals surface area contributed by atoms with Gasteiger partial charge in [0.05, 0.1) is 0 Å². The molecule has 0 radical (unpaired) electrons. The van der Waals surface area contributed by atoms with E-state index in [-0.39, 0.29) is 17.9 Å². The smallest absolute Gasteiger partial charge is 0.0481 e. The van der Waals surface area contributed by atoms with Crippen LogP contribution in [0.15, 0.2) is 30.3 Å². The number of halogens is 1. The summed E-state index contributed by atoms with van der Waals surface area (Å²) >= 11 is 0. The summed E-state index contributed by atoms with van der Waals surface area (Å²) in [5.74, 6) is 0.722. The van der Waals surface area contributed by atoms with Crippen molar-refractivity contribution in [3.05, 3.63) is 52.8 Å². The van der Waals surface area contributed by atoms with Gasteiger partial charge in [0.15, 0.2) is 0 Å². The topological polar surface area (TPSA) is 17.0 Å². The molecular formula is C21H29ClN2. The second-order valence-electron chi connectivity index (χ2n) is 7.49. The number of fused-ring (bicyclic) bond motifs is 2. The number of rotatable bonds is 1. The van der Waals surface area contributed by atoms with Crippen LogP contribution < -0.4 is 5.32 Å². The molecule has 0 bridgehead atoms. The zero-order chi connectivity index (χ0) is 16.0. The highest BCUT2D eigenvalue weighted by Crippen LogP contribution is 2.47. The monoisotopic (exact) mass is 344 g/mol. The van der Waals surface area contributed by atoms with Crippen LogP contribution in [0.2, 0.25) is 0 Å². The first-order valence-electron chi connectivity index (χ1n) is 9.17. The van der Waals surface area contributed by atoms with Crippen LogP contribution >= 0.6 is 12.4 Å². The molecule has 130 valence electrons. The van der Waals surface area contributed by atoms with E-state index in [1.165, 1.54) is 42.8 Å². The fraction of sp³-hybridized carbons (Fsp3) is 0.524. The van der Waals surface area contributed by atoms with E-state index in [0.29, 0.717) is 0 Å². The lowest BCUT2D eigenvalue weighted by molar-refractivity contribution is 0.145. The Morgan fingerprint density at radius 3 is 2.54 bits per heavy atom. The van der Waals surface area contributed by atoms with Gasteiger partial charge in [0, 0.05) is 29.2 Å². The average molecular weight is 345 g/mol. The summed E-state index contributed by atoms with van der Waals surface area (Å²) in [6.07, 6.45) is 6.54. The first-order chi connectivity index (χ1) is 11.1. The summed E-state index contributed by atoms with van der Waals surface area (Å²) < 4.78 is 2.49. The average Bonchev–Trinajstić information content (AvgIpc) is 2.84. The Labute approximate surface area is 152 Å². The molecule has 1 aliphatic heterocycles. The van der Waals surface area contributed by atoms with Gasteiger partial charge in [0.1, 0.15) is 0 Å². The lowest BCUT2D eigenvalue weighted by Gasteiger charge is -2.47. The summed E-state index contributed by atoms with van der Waals surface area (Å²) in [5, 5.41) is 3.96. The minimum absolute atomic E-state index is 0. The first kappa shape index (κ1) is 17.6. The number of para-hydroxylation sites is 1. The molecule has 4 rings (SSSR count). The molecule has 0 amide bonds. The largest absolute Gasteiger partial charge is 0.318 e. The third-order valence-electron chi connectivity index (χ3n) is 6.35. The van der Waals surface area contributed by atoms with Crippen LogP contribution in [-0.4, -0.2) is 11.1 Å². The van der Waals surface area contributed by atoms with Crippen LogP contribution in [0, 0.1) is 19.8 Å². The van der Waals surface area contributed by atoms with Crippen LogP contribution in [0.3, 0.4) is 0 Å². The molecule has 1 spiro atoms. The van der Waals surface area contributed by atoms with E-state index in [2.05, 4.69) is 61.0 Å². The first-order valence-corrected chi connectivity index (χ1v) is 9.17. The highest BCUT2D eigenvalue weighted by atomic mass is 35.5. The Hall–Kier alpha value is -1.25. The Morgan fingerprint density at radius 2 is 1.83 bits per heavy atom. The maximum atomic E-state index is 3.96. The molecule has 2 aliphatic rings. The minimum Gasteiger partial charge on any atom is -0.318 e. The van der Waals surface area contributed by atoms with Crippen molar-refractivity contribution in [2.75, 3.05) is 6.54 Å². The number of hydrogen-bond donors (Lipinski definition) is 1. The zero-order valence-corrected chi connectivity index (χ0v) is 15.9. The van der Waals surface area contributed by atoms with Gasteiger partial charge in [-0.15, -0.1) is 12.4 Å². The van der Waals surface area contributed by atoms with E-state index in [4.69, 9.17) is 0 Å². The molecule has 1 aromatic carbocycles. The Morgan fingerprint density at radius 1 is 1.08 bits per heavy atom. The number of aromatic nitrogens is 1. The lowest BCUT2D eigenvalue weighted by Crippen LogP contribution is -2.53. The lowest BCUT2D eigenvalue weighted by atomic mass is 9.67. The van der Waals surface area contributed by atoms with Gasteiger partial charge in [0.2, 0.25) is 0 Å². The summed E-state index contributed by atoms with van der Waals surface area (Å²) in [6, 6.07) is 10.9. The van der Waals surface area contributed by atoms with Crippen molar-refractivity contribution in [1.82, 2.24) is 9.88 Å². The van der Waals surface area contributed by atoms with Crippen LogP contribution in [0.5, 0.6) is 0 Å². The molecule has 3 heteroatoms. The Bertz CT molecular complexity index is 719. The van der Waals surface area contributed by atoms with Gasteiger partial charge >= 0.3 is 0 Å². The zero-order valence-electron chi connectivity index (χ0n) is 15.1. The van der Waals surface area contributed by atoms with Crippen molar-refractivity contribution in [3.63, 3.8) is 0 Å². The normalized spacial score (nSPS) is 26.0. The third kappa shape index (κ3) is 2.43. The Kier molecular flexibility index (Phi) is 4.81. The molecule has 1 aliphatic carbocycles. The van der Waals surface area contributed by atoms with Gasteiger partial charge in [-0.25, -0.2) is 0 Å².